The van der Waals surface area contributed by atoms with Gasteiger partial charge in [-0.25, -0.2) is 0 Å². The highest BCUT2D eigenvalue weighted by atomic mass is 16.1. The molecule has 0 spiro atoms. The minimum Gasteiger partial charge on any atom is -0.367 e. The summed E-state index contributed by atoms with van der Waals surface area (Å²) in [6, 6.07) is 3.41. The van der Waals surface area contributed by atoms with Crippen LogP contribution in [0, 0.1) is 0 Å². The van der Waals surface area contributed by atoms with Crippen molar-refractivity contribution >= 4 is 11.7 Å². The van der Waals surface area contributed by atoms with Gasteiger partial charge in [-0.15, -0.1) is 10.2 Å². The molecule has 1 aliphatic carbocycles. The second-order valence-electron chi connectivity index (χ2n) is 4.73. The Balaban J connectivity index is 1.89. The molecule has 18 heavy (non-hydrogen) atoms. The van der Waals surface area contributed by atoms with Crippen LogP contribution in [0.5, 0.6) is 0 Å². The SMILES string of the molecule is CCNC(=O)c1ccc(NCC2(N)CCC2)nn1. The normalized spacial score (nSPS) is 16.8. The molecule has 1 aliphatic rings. The molecular weight excluding hydrogens is 230 g/mol. The molecule has 1 aromatic heterocycles. The van der Waals surface area contributed by atoms with Crippen LogP contribution in [0.2, 0.25) is 0 Å². The largest absolute Gasteiger partial charge is 0.367 e. The third kappa shape index (κ3) is 2.95. The Labute approximate surface area is 106 Å². The summed E-state index contributed by atoms with van der Waals surface area (Å²) < 4.78 is 0. The molecule has 0 aliphatic heterocycles. The van der Waals surface area contributed by atoms with Crippen LogP contribution < -0.4 is 16.4 Å². The molecule has 0 bridgehead atoms. The van der Waals surface area contributed by atoms with E-state index in [0.717, 1.165) is 12.8 Å². The second-order valence-corrected chi connectivity index (χ2v) is 4.73. The van der Waals surface area contributed by atoms with Gasteiger partial charge in [-0.1, -0.05) is 0 Å². The molecule has 1 saturated carbocycles. The molecule has 2 rings (SSSR count). The molecule has 6 heteroatoms. The molecule has 0 saturated heterocycles. The Kier molecular flexibility index (Phi) is 3.76. The number of rotatable bonds is 5. The van der Waals surface area contributed by atoms with Crippen molar-refractivity contribution in [3.05, 3.63) is 17.8 Å². The molecule has 1 amide bonds. The third-order valence-corrected chi connectivity index (χ3v) is 3.21. The molecule has 6 nitrogen and oxygen atoms in total. The summed E-state index contributed by atoms with van der Waals surface area (Å²) in [7, 11) is 0. The van der Waals surface area contributed by atoms with Gasteiger partial charge >= 0.3 is 0 Å². The first-order valence-electron chi connectivity index (χ1n) is 6.28. The summed E-state index contributed by atoms with van der Waals surface area (Å²) in [6.45, 7) is 3.14. The van der Waals surface area contributed by atoms with Gasteiger partial charge in [0.15, 0.2) is 5.69 Å². The Morgan fingerprint density at radius 2 is 2.22 bits per heavy atom. The van der Waals surface area contributed by atoms with E-state index in [1.54, 1.807) is 12.1 Å². The van der Waals surface area contributed by atoms with Gasteiger partial charge < -0.3 is 16.4 Å². The topological polar surface area (TPSA) is 92.9 Å². The van der Waals surface area contributed by atoms with Crippen molar-refractivity contribution in [3.63, 3.8) is 0 Å². The van der Waals surface area contributed by atoms with Crippen molar-refractivity contribution in [2.45, 2.75) is 31.7 Å². The highest BCUT2D eigenvalue weighted by molar-refractivity contribution is 5.92. The molecule has 0 radical (unpaired) electrons. The number of aromatic nitrogens is 2. The van der Waals surface area contributed by atoms with Gasteiger partial charge in [0.25, 0.3) is 5.91 Å². The quantitative estimate of drug-likeness (QED) is 0.707. The molecule has 0 aromatic carbocycles. The number of nitrogens with two attached hydrogens (primary N) is 1. The fourth-order valence-corrected chi connectivity index (χ4v) is 1.87. The fourth-order valence-electron chi connectivity index (χ4n) is 1.87. The van der Waals surface area contributed by atoms with Crippen molar-refractivity contribution in [1.82, 2.24) is 15.5 Å². The number of nitrogens with one attached hydrogen (secondary N) is 2. The molecule has 1 fully saturated rings. The van der Waals surface area contributed by atoms with Gasteiger partial charge in [-0.2, -0.15) is 0 Å². The van der Waals surface area contributed by atoms with E-state index >= 15 is 0 Å². The van der Waals surface area contributed by atoms with Gasteiger partial charge in [0.1, 0.15) is 5.82 Å². The smallest absolute Gasteiger partial charge is 0.271 e. The predicted molar refractivity (Wildman–Crippen MR) is 69.3 cm³/mol. The van der Waals surface area contributed by atoms with Crippen molar-refractivity contribution in [3.8, 4) is 0 Å². The molecule has 0 atom stereocenters. The number of carbonyl (C=O) groups is 1. The summed E-state index contributed by atoms with van der Waals surface area (Å²) in [5.74, 6) is 0.450. The van der Waals surface area contributed by atoms with Crippen molar-refractivity contribution < 1.29 is 4.79 Å². The number of carbonyl (C=O) groups excluding carboxylic acids is 1. The Hall–Kier alpha value is -1.69. The number of hydrogen-bond donors (Lipinski definition) is 3. The summed E-state index contributed by atoms with van der Waals surface area (Å²) in [6.07, 6.45) is 3.29. The van der Waals surface area contributed by atoms with E-state index < -0.39 is 0 Å². The van der Waals surface area contributed by atoms with Crippen LogP contribution >= 0.6 is 0 Å². The summed E-state index contributed by atoms with van der Waals surface area (Å²) >= 11 is 0. The average molecular weight is 249 g/mol. The number of amides is 1. The Morgan fingerprint density at radius 1 is 1.44 bits per heavy atom. The maximum absolute atomic E-state index is 11.5. The molecular formula is C12H19N5O. The molecule has 1 heterocycles. The fraction of sp³-hybridized carbons (Fsp3) is 0.583. The number of hydrogen-bond acceptors (Lipinski definition) is 5. The van der Waals surface area contributed by atoms with Crippen LogP contribution in [-0.4, -0.2) is 34.7 Å². The first kappa shape index (κ1) is 12.8. The van der Waals surface area contributed by atoms with Gasteiger partial charge in [-0.05, 0) is 38.3 Å². The van der Waals surface area contributed by atoms with Crippen molar-refractivity contribution in [1.29, 1.82) is 0 Å². The predicted octanol–water partition coefficient (Wildman–Crippen LogP) is 0.520. The van der Waals surface area contributed by atoms with E-state index in [1.165, 1.54) is 6.42 Å². The monoisotopic (exact) mass is 249 g/mol. The summed E-state index contributed by atoms with van der Waals surface area (Å²) in [5.41, 5.74) is 6.32. The lowest BCUT2D eigenvalue weighted by Gasteiger charge is -2.38. The highest BCUT2D eigenvalue weighted by Gasteiger charge is 2.32. The van der Waals surface area contributed by atoms with Crippen molar-refractivity contribution in [2.75, 3.05) is 18.4 Å². The highest BCUT2D eigenvalue weighted by Crippen LogP contribution is 2.28. The first-order valence-corrected chi connectivity index (χ1v) is 6.28. The molecule has 4 N–H and O–H groups in total. The van der Waals surface area contributed by atoms with E-state index in [2.05, 4.69) is 20.8 Å². The van der Waals surface area contributed by atoms with Gasteiger partial charge in [0.05, 0.1) is 0 Å². The zero-order valence-corrected chi connectivity index (χ0v) is 10.6. The number of nitrogens with zero attached hydrogens (tertiary/aromatic N) is 2. The Bertz CT molecular complexity index is 413. The zero-order chi connectivity index (χ0) is 13.0. The minimum atomic E-state index is -0.203. The van der Waals surface area contributed by atoms with Crippen LogP contribution in [0.1, 0.15) is 36.7 Å². The van der Waals surface area contributed by atoms with Crippen LogP contribution in [-0.2, 0) is 0 Å². The van der Waals surface area contributed by atoms with E-state index in [9.17, 15) is 4.79 Å². The Morgan fingerprint density at radius 3 is 2.72 bits per heavy atom. The first-order chi connectivity index (χ1) is 8.63. The van der Waals surface area contributed by atoms with Crippen LogP contribution in [0.25, 0.3) is 0 Å². The zero-order valence-electron chi connectivity index (χ0n) is 10.6. The van der Waals surface area contributed by atoms with E-state index in [0.29, 0.717) is 24.6 Å². The second kappa shape index (κ2) is 5.30. The van der Waals surface area contributed by atoms with Gasteiger partial charge in [0.2, 0.25) is 0 Å². The molecule has 98 valence electrons. The lowest BCUT2D eigenvalue weighted by atomic mass is 9.78. The van der Waals surface area contributed by atoms with E-state index in [4.69, 9.17) is 5.73 Å². The third-order valence-electron chi connectivity index (χ3n) is 3.21. The van der Waals surface area contributed by atoms with Crippen LogP contribution in [0.15, 0.2) is 12.1 Å². The lowest BCUT2D eigenvalue weighted by molar-refractivity contribution is 0.0950. The lowest BCUT2D eigenvalue weighted by Crippen LogP contribution is -2.52. The summed E-state index contributed by atoms with van der Waals surface area (Å²) in [5, 5.41) is 13.7. The maximum atomic E-state index is 11.5. The van der Waals surface area contributed by atoms with Gasteiger partial charge in [0, 0.05) is 18.6 Å². The average Bonchev–Trinajstić information content (AvgIpc) is 2.35. The maximum Gasteiger partial charge on any atom is 0.271 e. The molecule has 1 aromatic rings. The van der Waals surface area contributed by atoms with E-state index in [-0.39, 0.29) is 11.4 Å². The van der Waals surface area contributed by atoms with Crippen molar-refractivity contribution in [2.24, 2.45) is 5.73 Å². The van der Waals surface area contributed by atoms with E-state index in [1.807, 2.05) is 6.92 Å². The minimum absolute atomic E-state index is 0.0973. The molecule has 0 unspecified atom stereocenters. The summed E-state index contributed by atoms with van der Waals surface area (Å²) in [4.78, 5) is 11.5. The van der Waals surface area contributed by atoms with Crippen LogP contribution in [0.4, 0.5) is 5.82 Å². The van der Waals surface area contributed by atoms with Crippen LogP contribution in [0.3, 0.4) is 0 Å². The standard InChI is InChI=1S/C12H19N5O/c1-2-14-11(18)9-4-5-10(17-16-9)15-8-12(13)6-3-7-12/h4-5H,2-3,6-8,13H2,1H3,(H,14,18)(H,15,17). The number of anilines is 1. The van der Waals surface area contributed by atoms with Gasteiger partial charge in [-0.3, -0.25) is 4.79 Å².